The van der Waals surface area contributed by atoms with Crippen molar-refractivity contribution in [3.05, 3.63) is 41.5 Å². The molecule has 9 heteroatoms. The summed E-state index contributed by atoms with van der Waals surface area (Å²) in [5.41, 5.74) is 1.02. The van der Waals surface area contributed by atoms with Crippen molar-refractivity contribution in [1.29, 1.82) is 0 Å². The van der Waals surface area contributed by atoms with Gasteiger partial charge in [-0.05, 0) is 24.3 Å². The van der Waals surface area contributed by atoms with Crippen molar-refractivity contribution in [2.45, 2.75) is 6.54 Å². The van der Waals surface area contributed by atoms with Crippen LogP contribution in [-0.4, -0.2) is 54.0 Å². The van der Waals surface area contributed by atoms with Crippen LogP contribution in [0.3, 0.4) is 0 Å². The maximum atomic E-state index is 12.2. The minimum atomic E-state index is -0.499. The second-order valence-corrected chi connectivity index (χ2v) is 5.94. The summed E-state index contributed by atoms with van der Waals surface area (Å²) in [6.07, 6.45) is 0. The first kappa shape index (κ1) is 22.7. The van der Waals surface area contributed by atoms with Gasteiger partial charge in [-0.15, -0.1) is 0 Å². The van der Waals surface area contributed by atoms with Gasteiger partial charge in [0.2, 0.25) is 0 Å². The van der Waals surface area contributed by atoms with Crippen molar-refractivity contribution in [3.63, 3.8) is 0 Å². The van der Waals surface area contributed by atoms with Gasteiger partial charge in [0.15, 0.2) is 29.6 Å². The number of nitrogens with one attached hydrogen (secondary N) is 1. The molecule has 0 radical (unpaired) electrons. The molecular weight excluding hydrogens is 394 g/mol. The molecule has 9 nitrogen and oxygen atoms in total. The number of amides is 1. The third kappa shape index (κ3) is 5.47. The molecule has 30 heavy (non-hydrogen) atoms. The fourth-order valence-electron chi connectivity index (χ4n) is 2.65. The summed E-state index contributed by atoms with van der Waals surface area (Å²) >= 11 is 0. The van der Waals surface area contributed by atoms with E-state index in [2.05, 4.69) is 10.1 Å². The normalized spacial score (nSPS) is 10.0. The van der Waals surface area contributed by atoms with E-state index in [1.165, 1.54) is 53.7 Å². The summed E-state index contributed by atoms with van der Waals surface area (Å²) in [7, 11) is 7.31. The van der Waals surface area contributed by atoms with Crippen LogP contribution in [0.4, 0.5) is 0 Å². The lowest BCUT2D eigenvalue weighted by atomic mass is 10.1. The summed E-state index contributed by atoms with van der Waals surface area (Å²) in [5, 5.41) is 2.75. The van der Waals surface area contributed by atoms with Crippen LogP contribution in [-0.2, 0) is 16.1 Å². The summed E-state index contributed by atoms with van der Waals surface area (Å²) in [4.78, 5) is 23.8. The van der Waals surface area contributed by atoms with Gasteiger partial charge in [-0.1, -0.05) is 0 Å². The molecule has 0 saturated heterocycles. The van der Waals surface area contributed by atoms with Crippen LogP contribution >= 0.6 is 0 Å². The van der Waals surface area contributed by atoms with Crippen LogP contribution in [0.15, 0.2) is 30.3 Å². The van der Waals surface area contributed by atoms with E-state index in [0.717, 1.165) is 0 Å². The number of rotatable bonds is 10. The van der Waals surface area contributed by atoms with Gasteiger partial charge in [0, 0.05) is 18.2 Å². The van der Waals surface area contributed by atoms with Crippen molar-refractivity contribution in [1.82, 2.24) is 5.32 Å². The van der Waals surface area contributed by atoms with Crippen molar-refractivity contribution >= 4 is 11.9 Å². The standard InChI is InChI=1S/C21H25NO8/c1-25-16-10-19(28-4)18(27-3)9-14(16)11-22-20(23)12-30-15-7-6-13(21(24)29-5)8-17(15)26-2/h6-10H,11-12H2,1-5H3,(H,22,23). The molecule has 1 amide bonds. The van der Waals surface area contributed by atoms with Crippen LogP contribution < -0.4 is 29.0 Å². The van der Waals surface area contributed by atoms with Crippen LogP contribution in [0.2, 0.25) is 0 Å². The van der Waals surface area contributed by atoms with Crippen LogP contribution in [0, 0.1) is 0 Å². The zero-order valence-corrected chi connectivity index (χ0v) is 17.6. The Morgan fingerprint density at radius 2 is 1.37 bits per heavy atom. The summed E-state index contributed by atoms with van der Waals surface area (Å²) in [6, 6.07) is 7.96. The Morgan fingerprint density at radius 3 is 1.97 bits per heavy atom. The molecular formula is C21H25NO8. The molecule has 0 atom stereocenters. The molecule has 2 rings (SSSR count). The second-order valence-electron chi connectivity index (χ2n) is 5.94. The van der Waals surface area contributed by atoms with Crippen molar-refractivity contribution in [3.8, 4) is 28.7 Å². The van der Waals surface area contributed by atoms with Crippen molar-refractivity contribution < 1.29 is 38.0 Å². The molecule has 0 spiro atoms. The lowest BCUT2D eigenvalue weighted by molar-refractivity contribution is -0.123. The van der Waals surface area contributed by atoms with E-state index in [4.69, 9.17) is 23.7 Å². The molecule has 0 aliphatic heterocycles. The monoisotopic (exact) mass is 419 g/mol. The third-order valence-electron chi connectivity index (χ3n) is 4.21. The molecule has 0 aromatic heterocycles. The first-order valence-corrected chi connectivity index (χ1v) is 8.92. The van der Waals surface area contributed by atoms with E-state index in [0.29, 0.717) is 39.9 Å². The fraction of sp³-hybridized carbons (Fsp3) is 0.333. The van der Waals surface area contributed by atoms with E-state index >= 15 is 0 Å². The Morgan fingerprint density at radius 1 is 0.767 bits per heavy atom. The third-order valence-corrected chi connectivity index (χ3v) is 4.21. The number of ether oxygens (including phenoxy) is 6. The van der Waals surface area contributed by atoms with Crippen LogP contribution in [0.5, 0.6) is 28.7 Å². The van der Waals surface area contributed by atoms with Gasteiger partial charge in [-0.25, -0.2) is 4.79 Å². The lowest BCUT2D eigenvalue weighted by Gasteiger charge is -2.15. The topological polar surface area (TPSA) is 102 Å². The van der Waals surface area contributed by atoms with Gasteiger partial charge >= 0.3 is 5.97 Å². The van der Waals surface area contributed by atoms with Gasteiger partial charge in [0.25, 0.3) is 5.91 Å². The largest absolute Gasteiger partial charge is 0.496 e. The minimum Gasteiger partial charge on any atom is -0.496 e. The quantitative estimate of drug-likeness (QED) is 0.585. The molecule has 0 aliphatic carbocycles. The molecule has 0 aliphatic rings. The molecule has 0 heterocycles. The highest BCUT2D eigenvalue weighted by Crippen LogP contribution is 2.34. The number of esters is 1. The predicted molar refractivity (Wildman–Crippen MR) is 108 cm³/mol. The number of benzene rings is 2. The predicted octanol–water partition coefficient (Wildman–Crippen LogP) is 2.20. The zero-order valence-electron chi connectivity index (χ0n) is 17.6. The van der Waals surface area contributed by atoms with E-state index in [9.17, 15) is 9.59 Å². The highest BCUT2D eigenvalue weighted by molar-refractivity contribution is 5.90. The Balaban J connectivity index is 2.01. The minimum absolute atomic E-state index is 0.199. The maximum Gasteiger partial charge on any atom is 0.337 e. The first-order valence-electron chi connectivity index (χ1n) is 8.92. The Labute approximate surface area is 174 Å². The number of carbonyl (C=O) groups is 2. The summed E-state index contributed by atoms with van der Waals surface area (Å²) in [6.45, 7) is -0.0479. The molecule has 2 aromatic rings. The van der Waals surface area contributed by atoms with Gasteiger partial charge < -0.3 is 33.7 Å². The van der Waals surface area contributed by atoms with Gasteiger partial charge in [0.05, 0.1) is 41.1 Å². The molecule has 0 saturated carbocycles. The number of carbonyl (C=O) groups excluding carboxylic acids is 2. The van der Waals surface area contributed by atoms with E-state index in [1.54, 1.807) is 12.1 Å². The maximum absolute atomic E-state index is 12.2. The first-order chi connectivity index (χ1) is 14.5. The second kappa shape index (κ2) is 10.8. The van der Waals surface area contributed by atoms with E-state index in [-0.39, 0.29) is 19.1 Å². The Bertz CT molecular complexity index is 897. The summed E-state index contributed by atoms with van der Waals surface area (Å²) < 4.78 is 31.3. The smallest absolute Gasteiger partial charge is 0.337 e. The van der Waals surface area contributed by atoms with E-state index in [1.807, 2.05) is 0 Å². The average molecular weight is 419 g/mol. The zero-order chi connectivity index (χ0) is 22.1. The molecule has 0 bridgehead atoms. The highest BCUT2D eigenvalue weighted by Gasteiger charge is 2.15. The van der Waals surface area contributed by atoms with Crippen LogP contribution in [0.1, 0.15) is 15.9 Å². The Hall–Kier alpha value is -3.62. The average Bonchev–Trinajstić information content (AvgIpc) is 2.79. The van der Waals surface area contributed by atoms with Gasteiger partial charge in [0.1, 0.15) is 5.75 Å². The fourth-order valence-corrected chi connectivity index (χ4v) is 2.65. The molecule has 1 N–H and O–H groups in total. The SMILES string of the molecule is COC(=O)c1ccc(OCC(=O)NCc2cc(OC)c(OC)cc2OC)c(OC)c1. The molecule has 0 unspecified atom stereocenters. The van der Waals surface area contributed by atoms with Crippen molar-refractivity contribution in [2.75, 3.05) is 42.2 Å². The van der Waals surface area contributed by atoms with E-state index < -0.39 is 5.97 Å². The summed E-state index contributed by atoms with van der Waals surface area (Å²) in [5.74, 6) is 1.38. The number of methoxy groups -OCH3 is 5. The molecule has 162 valence electrons. The van der Waals surface area contributed by atoms with Gasteiger partial charge in [-0.2, -0.15) is 0 Å². The lowest BCUT2D eigenvalue weighted by Crippen LogP contribution is -2.28. The Kier molecular flexibility index (Phi) is 8.16. The molecule has 0 fully saturated rings. The highest BCUT2D eigenvalue weighted by atomic mass is 16.5. The van der Waals surface area contributed by atoms with Crippen LogP contribution in [0.25, 0.3) is 0 Å². The number of hydrogen-bond acceptors (Lipinski definition) is 8. The number of hydrogen-bond donors (Lipinski definition) is 1. The molecule has 2 aromatic carbocycles. The van der Waals surface area contributed by atoms with Crippen molar-refractivity contribution in [2.24, 2.45) is 0 Å². The van der Waals surface area contributed by atoms with Gasteiger partial charge in [-0.3, -0.25) is 4.79 Å².